The van der Waals surface area contributed by atoms with Crippen molar-refractivity contribution in [1.29, 1.82) is 0 Å². The first kappa shape index (κ1) is 17.8. The second-order valence-corrected chi connectivity index (χ2v) is 7.53. The van der Waals surface area contributed by atoms with Crippen molar-refractivity contribution in [2.75, 3.05) is 6.54 Å². The number of carbonyl (C=O) groups excluding carboxylic acids is 1. The molecule has 1 rings (SSSR count). The van der Waals surface area contributed by atoms with Gasteiger partial charge in [-0.3, -0.25) is 4.79 Å². The van der Waals surface area contributed by atoms with Crippen LogP contribution in [0, 0.1) is 11.8 Å². The maximum absolute atomic E-state index is 12.5. The predicted octanol–water partition coefficient (Wildman–Crippen LogP) is 3.10. The van der Waals surface area contributed by atoms with Gasteiger partial charge in [-0.2, -0.15) is 0 Å². The molecular weight excluding hydrogens is 268 g/mol. The van der Waals surface area contributed by atoms with Gasteiger partial charge in [0.25, 0.3) is 0 Å². The van der Waals surface area contributed by atoms with E-state index in [2.05, 4.69) is 19.2 Å². The van der Waals surface area contributed by atoms with Gasteiger partial charge in [0, 0.05) is 18.1 Å². The van der Waals surface area contributed by atoms with Crippen molar-refractivity contribution >= 4 is 12.0 Å². The van der Waals surface area contributed by atoms with Gasteiger partial charge >= 0.3 is 12.0 Å². The summed E-state index contributed by atoms with van der Waals surface area (Å²) < 4.78 is 0. The molecule has 1 aliphatic carbocycles. The van der Waals surface area contributed by atoms with E-state index >= 15 is 0 Å². The number of nitrogens with one attached hydrogen (secondary N) is 1. The fraction of sp³-hybridized carbons (Fsp3) is 0.875. The van der Waals surface area contributed by atoms with Gasteiger partial charge in [-0.15, -0.1) is 0 Å². The van der Waals surface area contributed by atoms with Crippen LogP contribution in [0.2, 0.25) is 0 Å². The molecule has 0 aliphatic heterocycles. The third kappa shape index (κ3) is 5.94. The fourth-order valence-electron chi connectivity index (χ4n) is 3.27. The van der Waals surface area contributed by atoms with Crippen LogP contribution in [0.5, 0.6) is 0 Å². The predicted molar refractivity (Wildman–Crippen MR) is 83.2 cm³/mol. The summed E-state index contributed by atoms with van der Waals surface area (Å²) in [7, 11) is 0. The number of hydrogen-bond donors (Lipinski definition) is 2. The Morgan fingerprint density at radius 1 is 1.14 bits per heavy atom. The topological polar surface area (TPSA) is 69.6 Å². The molecule has 0 aromatic carbocycles. The van der Waals surface area contributed by atoms with Crippen LogP contribution in [0.15, 0.2) is 0 Å². The smallest absolute Gasteiger partial charge is 0.318 e. The molecule has 1 aliphatic rings. The number of carboxylic acids is 1. The first-order valence-electron chi connectivity index (χ1n) is 7.89. The molecular formula is C16H30N2O3. The monoisotopic (exact) mass is 298 g/mol. The van der Waals surface area contributed by atoms with Crippen molar-refractivity contribution in [1.82, 2.24) is 10.2 Å². The van der Waals surface area contributed by atoms with Crippen molar-refractivity contribution in [3.05, 3.63) is 0 Å². The SMILES string of the molecule is CC1CC(C)CC(NC(=O)N(CCC(=O)O)C(C)(C)C)C1. The van der Waals surface area contributed by atoms with Gasteiger partial charge in [0.15, 0.2) is 0 Å². The van der Waals surface area contributed by atoms with Crippen molar-refractivity contribution in [3.63, 3.8) is 0 Å². The van der Waals surface area contributed by atoms with E-state index in [4.69, 9.17) is 5.11 Å². The number of amides is 2. The molecule has 0 radical (unpaired) electrons. The summed E-state index contributed by atoms with van der Waals surface area (Å²) in [6.45, 7) is 10.5. The van der Waals surface area contributed by atoms with Crippen molar-refractivity contribution in [3.8, 4) is 0 Å². The Bertz CT molecular complexity index is 366. The molecule has 0 heterocycles. The Morgan fingerprint density at radius 3 is 2.10 bits per heavy atom. The lowest BCUT2D eigenvalue weighted by molar-refractivity contribution is -0.137. The molecule has 122 valence electrons. The highest BCUT2D eigenvalue weighted by Gasteiger charge is 2.30. The zero-order valence-corrected chi connectivity index (χ0v) is 14.0. The van der Waals surface area contributed by atoms with Crippen molar-refractivity contribution in [2.45, 2.75) is 71.9 Å². The van der Waals surface area contributed by atoms with E-state index in [0.29, 0.717) is 11.8 Å². The highest BCUT2D eigenvalue weighted by molar-refractivity contribution is 5.76. The second kappa shape index (κ2) is 7.14. The van der Waals surface area contributed by atoms with Gasteiger partial charge < -0.3 is 15.3 Å². The number of rotatable bonds is 4. The Labute approximate surface area is 128 Å². The first-order valence-corrected chi connectivity index (χ1v) is 7.89. The van der Waals surface area contributed by atoms with Gasteiger partial charge in [-0.25, -0.2) is 4.79 Å². The molecule has 21 heavy (non-hydrogen) atoms. The minimum absolute atomic E-state index is 0.0256. The number of nitrogens with zero attached hydrogens (tertiary/aromatic N) is 1. The van der Waals surface area contributed by atoms with Crippen molar-refractivity contribution in [2.24, 2.45) is 11.8 Å². The number of urea groups is 1. The number of aliphatic carboxylic acids is 1. The largest absolute Gasteiger partial charge is 0.481 e. The molecule has 5 nitrogen and oxygen atoms in total. The van der Waals surface area contributed by atoms with E-state index in [-0.39, 0.29) is 30.6 Å². The second-order valence-electron chi connectivity index (χ2n) is 7.53. The van der Waals surface area contributed by atoms with Crippen LogP contribution in [-0.4, -0.2) is 40.1 Å². The Kier molecular flexibility index (Phi) is 6.05. The van der Waals surface area contributed by atoms with Crippen LogP contribution in [-0.2, 0) is 4.79 Å². The molecule has 1 saturated carbocycles. The molecule has 2 N–H and O–H groups in total. The minimum Gasteiger partial charge on any atom is -0.481 e. The number of hydrogen-bond acceptors (Lipinski definition) is 2. The lowest BCUT2D eigenvalue weighted by Gasteiger charge is -2.38. The average molecular weight is 298 g/mol. The third-order valence-corrected chi connectivity index (χ3v) is 4.11. The van der Waals surface area contributed by atoms with E-state index in [1.54, 1.807) is 4.90 Å². The van der Waals surface area contributed by atoms with E-state index in [1.807, 2.05) is 20.8 Å². The van der Waals surface area contributed by atoms with Gasteiger partial charge in [0.1, 0.15) is 0 Å². The molecule has 0 aromatic rings. The number of carbonyl (C=O) groups is 2. The highest BCUT2D eigenvalue weighted by Crippen LogP contribution is 2.28. The van der Waals surface area contributed by atoms with Gasteiger partial charge in [0.2, 0.25) is 0 Å². The van der Waals surface area contributed by atoms with Gasteiger partial charge in [-0.05, 0) is 51.9 Å². The lowest BCUT2D eigenvalue weighted by atomic mass is 9.80. The third-order valence-electron chi connectivity index (χ3n) is 4.11. The van der Waals surface area contributed by atoms with Crippen molar-refractivity contribution < 1.29 is 14.7 Å². The van der Waals surface area contributed by atoms with Crippen LogP contribution in [0.25, 0.3) is 0 Å². The Hall–Kier alpha value is -1.26. The summed E-state index contributed by atoms with van der Waals surface area (Å²) in [6.07, 6.45) is 3.20. The maximum Gasteiger partial charge on any atom is 0.318 e. The van der Waals surface area contributed by atoms with Crippen LogP contribution in [0.3, 0.4) is 0 Å². The van der Waals surface area contributed by atoms with Crippen LogP contribution in [0.1, 0.15) is 60.3 Å². The van der Waals surface area contributed by atoms with E-state index < -0.39 is 5.97 Å². The molecule has 0 spiro atoms. The minimum atomic E-state index is -0.878. The molecule has 0 aromatic heterocycles. The Morgan fingerprint density at radius 2 is 1.67 bits per heavy atom. The molecule has 2 amide bonds. The molecule has 2 unspecified atom stereocenters. The van der Waals surface area contributed by atoms with Gasteiger partial charge in [-0.1, -0.05) is 13.8 Å². The van der Waals surface area contributed by atoms with Crippen LogP contribution in [0.4, 0.5) is 4.79 Å². The zero-order valence-electron chi connectivity index (χ0n) is 14.0. The quantitative estimate of drug-likeness (QED) is 0.838. The molecule has 0 bridgehead atoms. The summed E-state index contributed by atoms with van der Waals surface area (Å²) in [5.41, 5.74) is -0.383. The van der Waals surface area contributed by atoms with Crippen LogP contribution >= 0.6 is 0 Å². The lowest BCUT2D eigenvalue weighted by Crippen LogP contribution is -2.54. The van der Waals surface area contributed by atoms with E-state index in [1.165, 1.54) is 6.42 Å². The normalized spacial score (nSPS) is 26.2. The average Bonchev–Trinajstić information content (AvgIpc) is 2.24. The summed E-state index contributed by atoms with van der Waals surface area (Å²) in [6, 6.07) is 0.0565. The zero-order chi connectivity index (χ0) is 16.2. The summed E-state index contributed by atoms with van der Waals surface area (Å²) in [4.78, 5) is 24.9. The fourth-order valence-corrected chi connectivity index (χ4v) is 3.27. The Balaban J connectivity index is 2.65. The summed E-state index contributed by atoms with van der Waals surface area (Å²) >= 11 is 0. The molecule has 5 heteroatoms. The maximum atomic E-state index is 12.5. The van der Waals surface area contributed by atoms with E-state index in [0.717, 1.165) is 12.8 Å². The molecule has 1 fully saturated rings. The van der Waals surface area contributed by atoms with E-state index in [9.17, 15) is 9.59 Å². The van der Waals surface area contributed by atoms with Crippen LogP contribution < -0.4 is 5.32 Å². The first-order chi connectivity index (χ1) is 9.59. The summed E-state index contributed by atoms with van der Waals surface area (Å²) in [5, 5.41) is 11.9. The number of carboxylic acid groups (broad SMARTS) is 1. The standard InChI is InChI=1S/C16H30N2O3/c1-11-8-12(2)10-13(9-11)17-15(21)18(16(3,4)5)7-6-14(19)20/h11-13H,6-10H2,1-5H3,(H,17,21)(H,19,20). The molecule has 0 saturated heterocycles. The van der Waals surface area contributed by atoms with Gasteiger partial charge in [0.05, 0.1) is 6.42 Å². The summed E-state index contributed by atoms with van der Waals surface area (Å²) in [5.74, 6) is 0.374. The highest BCUT2D eigenvalue weighted by atomic mass is 16.4. The molecule has 2 atom stereocenters.